The van der Waals surface area contributed by atoms with Crippen molar-refractivity contribution in [2.75, 3.05) is 13.1 Å². The monoisotopic (exact) mass is 183 g/mol. The van der Waals surface area contributed by atoms with Gasteiger partial charge < -0.3 is 10.6 Å². The van der Waals surface area contributed by atoms with Crippen molar-refractivity contribution in [3.05, 3.63) is 0 Å². The van der Waals surface area contributed by atoms with Gasteiger partial charge in [-0.1, -0.05) is 0 Å². The van der Waals surface area contributed by atoms with Gasteiger partial charge in [0, 0.05) is 19.1 Å². The summed E-state index contributed by atoms with van der Waals surface area (Å²) < 4.78 is 0. The Bertz CT molecular complexity index is 239. The minimum Gasteiger partial charge on any atom is -0.337 e. The van der Waals surface area contributed by atoms with Crippen molar-refractivity contribution in [2.24, 2.45) is 0 Å². The molecule has 0 unspecified atom stereocenters. The fourth-order valence-corrected chi connectivity index (χ4v) is 2.38. The summed E-state index contributed by atoms with van der Waals surface area (Å²) in [5, 5.41) is 6.33. The number of carbonyl (C=O) groups is 1. The molecule has 2 aliphatic rings. The lowest BCUT2D eigenvalue weighted by molar-refractivity contribution is -0.122. The molecule has 13 heavy (non-hydrogen) atoms. The summed E-state index contributed by atoms with van der Waals surface area (Å²) in [7, 11) is 0. The summed E-state index contributed by atoms with van der Waals surface area (Å²) in [6.07, 6.45) is 0. The van der Waals surface area contributed by atoms with Crippen LogP contribution in [0.3, 0.4) is 0 Å². The first kappa shape index (κ1) is 8.97. The quantitative estimate of drug-likeness (QED) is 0.533. The van der Waals surface area contributed by atoms with Crippen molar-refractivity contribution in [3.8, 4) is 0 Å². The first-order valence-electron chi connectivity index (χ1n) is 4.84. The lowest BCUT2D eigenvalue weighted by atomic mass is 10.1. The third-order valence-corrected chi connectivity index (χ3v) is 3.04. The van der Waals surface area contributed by atoms with Gasteiger partial charge in [-0.3, -0.25) is 9.69 Å². The van der Waals surface area contributed by atoms with Crippen LogP contribution in [0, 0.1) is 0 Å². The predicted octanol–water partition coefficient (Wildman–Crippen LogP) is -0.485. The molecule has 2 aliphatic heterocycles. The second kappa shape index (κ2) is 2.69. The van der Waals surface area contributed by atoms with Gasteiger partial charge >= 0.3 is 0 Å². The zero-order valence-corrected chi connectivity index (χ0v) is 8.42. The van der Waals surface area contributed by atoms with Crippen molar-refractivity contribution in [1.29, 1.82) is 0 Å². The number of rotatable bonds is 0. The van der Waals surface area contributed by atoms with E-state index >= 15 is 0 Å². The standard InChI is InChI=1S/C9H17N3O/c1-6-7-8(13)11-9(2,3)12(7)5-4-10-6/h6-7,10H,4-5H2,1-3H3,(H,11,13)/t6-,7-/m0/s1. The zero-order chi connectivity index (χ0) is 9.64. The summed E-state index contributed by atoms with van der Waals surface area (Å²) in [6.45, 7) is 8.10. The van der Waals surface area contributed by atoms with Crippen LogP contribution in [0.2, 0.25) is 0 Å². The molecule has 0 radical (unpaired) electrons. The summed E-state index contributed by atoms with van der Waals surface area (Å²) >= 11 is 0. The van der Waals surface area contributed by atoms with E-state index in [1.807, 2.05) is 0 Å². The fourth-order valence-electron chi connectivity index (χ4n) is 2.38. The number of piperazine rings is 1. The van der Waals surface area contributed by atoms with E-state index in [0.29, 0.717) is 0 Å². The minimum absolute atomic E-state index is 0.0174. The highest BCUT2D eigenvalue weighted by Gasteiger charge is 2.48. The van der Waals surface area contributed by atoms with E-state index in [1.54, 1.807) is 0 Å². The molecule has 2 fully saturated rings. The fraction of sp³-hybridized carbons (Fsp3) is 0.889. The molecule has 0 aliphatic carbocycles. The summed E-state index contributed by atoms with van der Waals surface area (Å²) in [6, 6.07) is 0.277. The topological polar surface area (TPSA) is 44.4 Å². The Morgan fingerprint density at radius 3 is 2.85 bits per heavy atom. The van der Waals surface area contributed by atoms with Crippen LogP contribution in [0.15, 0.2) is 0 Å². The molecule has 4 nitrogen and oxygen atoms in total. The maximum absolute atomic E-state index is 11.6. The van der Waals surface area contributed by atoms with Crippen LogP contribution >= 0.6 is 0 Å². The molecular weight excluding hydrogens is 166 g/mol. The second-order valence-electron chi connectivity index (χ2n) is 4.43. The van der Waals surface area contributed by atoms with Crippen molar-refractivity contribution in [1.82, 2.24) is 15.5 Å². The Hall–Kier alpha value is -0.610. The van der Waals surface area contributed by atoms with Crippen LogP contribution in [0.1, 0.15) is 20.8 Å². The van der Waals surface area contributed by atoms with E-state index < -0.39 is 0 Å². The molecule has 2 saturated heterocycles. The van der Waals surface area contributed by atoms with Gasteiger partial charge in [0.2, 0.25) is 5.91 Å². The maximum Gasteiger partial charge on any atom is 0.240 e. The molecule has 2 atom stereocenters. The molecule has 4 heteroatoms. The van der Waals surface area contributed by atoms with Crippen LogP contribution in [0.25, 0.3) is 0 Å². The lowest BCUT2D eigenvalue weighted by Crippen LogP contribution is -2.60. The van der Waals surface area contributed by atoms with Crippen LogP contribution in [0.4, 0.5) is 0 Å². The smallest absolute Gasteiger partial charge is 0.240 e. The van der Waals surface area contributed by atoms with Gasteiger partial charge in [-0.05, 0) is 20.8 Å². The SMILES string of the molecule is C[C@@H]1NCCN2[C@@H]1C(=O)NC2(C)C. The number of hydrogen-bond donors (Lipinski definition) is 2. The number of hydrogen-bond acceptors (Lipinski definition) is 3. The maximum atomic E-state index is 11.6. The van der Waals surface area contributed by atoms with E-state index in [2.05, 4.69) is 36.3 Å². The van der Waals surface area contributed by atoms with Crippen molar-refractivity contribution < 1.29 is 4.79 Å². The third kappa shape index (κ3) is 1.25. The Balaban J connectivity index is 2.26. The number of fused-ring (bicyclic) bond motifs is 1. The van der Waals surface area contributed by atoms with Crippen molar-refractivity contribution in [2.45, 2.75) is 38.5 Å². The predicted molar refractivity (Wildman–Crippen MR) is 50.2 cm³/mol. The van der Waals surface area contributed by atoms with Crippen LogP contribution in [-0.4, -0.2) is 41.6 Å². The summed E-state index contributed by atoms with van der Waals surface area (Å²) in [5.41, 5.74) is -0.169. The van der Waals surface area contributed by atoms with Crippen LogP contribution in [-0.2, 0) is 4.79 Å². The molecule has 0 aromatic heterocycles. The normalized spacial score (nSPS) is 38.5. The molecule has 74 valence electrons. The Morgan fingerprint density at radius 2 is 2.23 bits per heavy atom. The minimum atomic E-state index is -0.169. The second-order valence-corrected chi connectivity index (χ2v) is 4.43. The summed E-state index contributed by atoms with van der Waals surface area (Å²) in [4.78, 5) is 13.9. The van der Waals surface area contributed by atoms with E-state index in [4.69, 9.17) is 0 Å². The lowest BCUT2D eigenvalue weighted by Gasteiger charge is -2.39. The molecule has 0 bridgehead atoms. The highest BCUT2D eigenvalue weighted by atomic mass is 16.2. The number of carbonyl (C=O) groups excluding carboxylic acids is 1. The number of nitrogens with zero attached hydrogens (tertiary/aromatic N) is 1. The van der Waals surface area contributed by atoms with Gasteiger partial charge in [0.05, 0.1) is 5.66 Å². The van der Waals surface area contributed by atoms with Gasteiger partial charge in [0.15, 0.2) is 0 Å². The molecule has 0 spiro atoms. The molecule has 2 heterocycles. The van der Waals surface area contributed by atoms with Gasteiger partial charge in [-0.2, -0.15) is 0 Å². The van der Waals surface area contributed by atoms with E-state index in [9.17, 15) is 4.79 Å². The number of amides is 1. The third-order valence-electron chi connectivity index (χ3n) is 3.04. The molecule has 0 aromatic rings. The van der Waals surface area contributed by atoms with Crippen LogP contribution in [0.5, 0.6) is 0 Å². The molecule has 0 aromatic carbocycles. The number of nitrogens with one attached hydrogen (secondary N) is 2. The highest BCUT2D eigenvalue weighted by molar-refractivity contribution is 5.85. The van der Waals surface area contributed by atoms with Crippen molar-refractivity contribution in [3.63, 3.8) is 0 Å². The molecule has 0 saturated carbocycles. The van der Waals surface area contributed by atoms with Gasteiger partial charge in [0.25, 0.3) is 0 Å². The van der Waals surface area contributed by atoms with Crippen LogP contribution < -0.4 is 10.6 Å². The van der Waals surface area contributed by atoms with Gasteiger partial charge in [-0.25, -0.2) is 0 Å². The molecule has 2 N–H and O–H groups in total. The largest absolute Gasteiger partial charge is 0.337 e. The first-order chi connectivity index (χ1) is 6.02. The molecule has 1 amide bonds. The summed E-state index contributed by atoms with van der Waals surface area (Å²) in [5.74, 6) is 0.157. The Morgan fingerprint density at radius 1 is 1.54 bits per heavy atom. The van der Waals surface area contributed by atoms with E-state index in [-0.39, 0.29) is 23.7 Å². The highest BCUT2D eigenvalue weighted by Crippen LogP contribution is 2.25. The Kier molecular flexibility index (Phi) is 1.85. The average Bonchev–Trinajstić information content (AvgIpc) is 2.24. The Labute approximate surface area is 78.7 Å². The zero-order valence-electron chi connectivity index (χ0n) is 8.42. The van der Waals surface area contributed by atoms with Crippen molar-refractivity contribution >= 4 is 5.91 Å². The van der Waals surface area contributed by atoms with E-state index in [0.717, 1.165) is 13.1 Å². The first-order valence-corrected chi connectivity index (χ1v) is 4.84. The molecular formula is C9H17N3O. The average molecular weight is 183 g/mol. The van der Waals surface area contributed by atoms with Gasteiger partial charge in [-0.15, -0.1) is 0 Å². The van der Waals surface area contributed by atoms with Gasteiger partial charge in [0.1, 0.15) is 6.04 Å². The van der Waals surface area contributed by atoms with E-state index in [1.165, 1.54) is 0 Å². The molecule has 2 rings (SSSR count).